The fourth-order valence-electron chi connectivity index (χ4n) is 8.09. The molecule has 5 heterocycles. The summed E-state index contributed by atoms with van der Waals surface area (Å²) in [5.74, 6) is 3.97. The lowest BCUT2D eigenvalue weighted by atomic mass is 9.97. The lowest BCUT2D eigenvalue weighted by Gasteiger charge is -2.38. The fourth-order valence-corrected chi connectivity index (χ4v) is 8.09. The topological polar surface area (TPSA) is 279 Å². The summed E-state index contributed by atoms with van der Waals surface area (Å²) in [7, 11) is 0. The number of aliphatic hydroxyl groups excluding tert-OH is 1. The third-order valence-corrected chi connectivity index (χ3v) is 12.2. The highest BCUT2D eigenvalue weighted by atomic mass is 35.5. The van der Waals surface area contributed by atoms with Crippen molar-refractivity contribution in [3.8, 4) is 18.1 Å². The van der Waals surface area contributed by atoms with E-state index >= 15 is 0 Å². The number of phenolic OH excluding ortho intramolecular Hbond substituents is 1. The van der Waals surface area contributed by atoms with Crippen molar-refractivity contribution >= 4 is 29.7 Å². The first-order chi connectivity index (χ1) is 33.4. The summed E-state index contributed by atoms with van der Waals surface area (Å²) in [4.78, 5) is 51.0. The predicted molar refractivity (Wildman–Crippen MR) is 257 cm³/mol. The summed E-state index contributed by atoms with van der Waals surface area (Å²) in [5.41, 5.74) is 14.4. The normalized spacial score (nSPS) is 16.3. The number of aromatic nitrogens is 9. The second kappa shape index (κ2) is 27.6. The summed E-state index contributed by atoms with van der Waals surface area (Å²) in [6.07, 6.45) is 10.4. The molecule has 5 unspecified atom stereocenters. The van der Waals surface area contributed by atoms with Gasteiger partial charge in [0.2, 0.25) is 29.7 Å². The third-order valence-electron chi connectivity index (χ3n) is 12.2. The smallest absolute Gasteiger partial charge is 0.247 e. The maximum Gasteiger partial charge on any atom is 0.247 e. The van der Waals surface area contributed by atoms with Crippen LogP contribution in [0.15, 0.2) is 36.7 Å². The zero-order valence-corrected chi connectivity index (χ0v) is 41.5. The standard InChI is InChI=1S/C46H70N16O7.ClH/c1-6-21-67-23-25-69-26-24-68-22-12-49-44-50-45(52-46(51-44)60-19-15-58(16-20-60)43(66)41(33(5)7-2)62-30-39(54-56-62)37(48)31-63)59-17-13-57(14-18-59)42(65)40(28-34-8-10-35(64)11-9-34)61-29-38(53-55-61)36(47)27-32(3)4;/h1,8-11,29-30,32-33,36-37,40-41,63-64H,7,12-28,31,47-48H2,2-5H3,(H,49,50,51,52);1H/p-1. The molecular formula is C46H70ClN16O7-. The molecule has 0 bridgehead atoms. The predicted octanol–water partition coefficient (Wildman–Crippen LogP) is -2.03. The fraction of sp³-hybridized carbons (Fsp3) is 0.630. The van der Waals surface area contributed by atoms with E-state index in [4.69, 9.17) is 47.1 Å². The molecule has 70 heavy (non-hydrogen) atoms. The maximum absolute atomic E-state index is 14.5. The van der Waals surface area contributed by atoms with Crippen LogP contribution in [0.2, 0.25) is 0 Å². The van der Waals surface area contributed by atoms with Crippen molar-refractivity contribution in [3.05, 3.63) is 53.6 Å². The van der Waals surface area contributed by atoms with Gasteiger partial charge in [0.15, 0.2) is 0 Å². The Labute approximate surface area is 416 Å². The monoisotopic (exact) mass is 994 g/mol. The molecule has 0 radical (unpaired) electrons. The van der Waals surface area contributed by atoms with E-state index in [0.717, 1.165) is 18.4 Å². The van der Waals surface area contributed by atoms with Crippen molar-refractivity contribution in [3.63, 3.8) is 0 Å². The van der Waals surface area contributed by atoms with Crippen LogP contribution in [0.5, 0.6) is 5.75 Å². The van der Waals surface area contributed by atoms with Gasteiger partial charge in [-0.2, -0.15) is 15.0 Å². The maximum atomic E-state index is 14.5. The van der Waals surface area contributed by atoms with Crippen molar-refractivity contribution in [2.75, 3.05) is 120 Å². The molecule has 4 aromatic rings. The number of anilines is 3. The minimum atomic E-state index is -0.695. The number of aromatic hydroxyl groups is 1. The minimum Gasteiger partial charge on any atom is -1.00 e. The molecule has 1 aromatic carbocycles. The number of amides is 2. The van der Waals surface area contributed by atoms with Crippen molar-refractivity contribution < 1.29 is 46.4 Å². The molecule has 2 aliphatic heterocycles. The zero-order chi connectivity index (χ0) is 49.3. The number of carbonyl (C=O) groups is 2. The van der Waals surface area contributed by atoms with Gasteiger partial charge in [0.25, 0.3) is 0 Å². The van der Waals surface area contributed by atoms with Crippen molar-refractivity contribution in [1.82, 2.24) is 54.7 Å². The van der Waals surface area contributed by atoms with Gasteiger partial charge in [0, 0.05) is 65.3 Å². The van der Waals surface area contributed by atoms with E-state index in [1.807, 2.05) is 33.4 Å². The van der Waals surface area contributed by atoms with Crippen LogP contribution < -0.4 is 39.0 Å². The van der Waals surface area contributed by atoms with E-state index in [-0.39, 0.29) is 55.1 Å². The lowest BCUT2D eigenvalue weighted by Crippen LogP contribution is -3.00. The number of halogens is 1. The van der Waals surface area contributed by atoms with E-state index in [9.17, 15) is 19.8 Å². The number of hydrogen-bond donors (Lipinski definition) is 5. The number of piperazine rings is 2. The van der Waals surface area contributed by atoms with E-state index in [0.29, 0.717) is 134 Å². The van der Waals surface area contributed by atoms with Gasteiger partial charge in [-0.15, -0.1) is 16.6 Å². The first-order valence-electron chi connectivity index (χ1n) is 23.9. The van der Waals surface area contributed by atoms with Gasteiger partial charge in [0.1, 0.15) is 30.1 Å². The molecule has 7 N–H and O–H groups in total. The number of benzene rings is 1. The average Bonchev–Trinajstić information content (AvgIpc) is 4.06. The Bertz CT molecular complexity index is 2250. The molecular weight excluding hydrogens is 924 g/mol. The molecule has 2 aliphatic rings. The first-order valence-corrected chi connectivity index (χ1v) is 23.9. The summed E-state index contributed by atoms with van der Waals surface area (Å²) in [5, 5.41) is 39.9. The van der Waals surface area contributed by atoms with Crippen molar-refractivity contribution in [2.24, 2.45) is 23.3 Å². The van der Waals surface area contributed by atoms with E-state index in [1.54, 1.807) is 46.0 Å². The third kappa shape index (κ3) is 15.4. The molecule has 0 saturated carbocycles. The minimum absolute atomic E-state index is 0. The lowest BCUT2D eigenvalue weighted by molar-refractivity contribution is -0.137. The van der Waals surface area contributed by atoms with E-state index in [2.05, 4.69) is 45.7 Å². The molecule has 5 atom stereocenters. The van der Waals surface area contributed by atoms with Crippen LogP contribution in [0, 0.1) is 24.2 Å². The van der Waals surface area contributed by atoms with Crippen LogP contribution in [-0.2, 0) is 30.2 Å². The van der Waals surface area contributed by atoms with Gasteiger partial charge in [-0.25, -0.2) is 9.36 Å². The van der Waals surface area contributed by atoms with Gasteiger partial charge >= 0.3 is 0 Å². The molecule has 2 fully saturated rings. The Kier molecular flexibility index (Phi) is 21.8. The van der Waals surface area contributed by atoms with Crippen LogP contribution in [0.1, 0.15) is 81.7 Å². The quantitative estimate of drug-likeness (QED) is 0.0335. The number of carbonyl (C=O) groups excluding carboxylic acids is 2. The molecule has 3 aromatic heterocycles. The van der Waals surface area contributed by atoms with Gasteiger partial charge in [-0.1, -0.05) is 62.6 Å². The van der Waals surface area contributed by atoms with Crippen molar-refractivity contribution in [2.45, 2.75) is 71.1 Å². The van der Waals surface area contributed by atoms with Crippen LogP contribution in [-0.4, -0.2) is 182 Å². The zero-order valence-electron chi connectivity index (χ0n) is 40.7. The second-order valence-corrected chi connectivity index (χ2v) is 17.8. The number of nitrogens with two attached hydrogens (primary N) is 2. The number of aliphatic hydroxyl groups is 1. The summed E-state index contributed by atoms with van der Waals surface area (Å²) >= 11 is 0. The van der Waals surface area contributed by atoms with E-state index < -0.39 is 18.1 Å². The molecule has 384 valence electrons. The summed E-state index contributed by atoms with van der Waals surface area (Å²) in [6, 6.07) is 4.52. The largest absolute Gasteiger partial charge is 1.00 e. The van der Waals surface area contributed by atoms with Crippen LogP contribution in [0.25, 0.3) is 0 Å². The van der Waals surface area contributed by atoms with Gasteiger partial charge in [0.05, 0.1) is 69.8 Å². The highest BCUT2D eigenvalue weighted by molar-refractivity contribution is 5.81. The number of rotatable bonds is 26. The van der Waals surface area contributed by atoms with Crippen molar-refractivity contribution in [1.29, 1.82) is 0 Å². The Morgan fingerprint density at radius 3 is 1.89 bits per heavy atom. The van der Waals surface area contributed by atoms with Gasteiger partial charge in [-0.05, 0) is 36.0 Å². The Morgan fingerprint density at radius 1 is 0.771 bits per heavy atom. The molecule has 0 spiro atoms. The van der Waals surface area contributed by atoms with Gasteiger partial charge in [-0.3, -0.25) is 9.59 Å². The van der Waals surface area contributed by atoms with Gasteiger partial charge < -0.3 is 73.2 Å². The molecule has 24 heteroatoms. The Morgan fingerprint density at radius 2 is 1.31 bits per heavy atom. The molecule has 0 aliphatic carbocycles. The Balaban J connectivity index is 0.00000913. The van der Waals surface area contributed by atoms with Crippen LogP contribution in [0.4, 0.5) is 17.8 Å². The highest BCUT2D eigenvalue weighted by Gasteiger charge is 2.35. The highest BCUT2D eigenvalue weighted by Crippen LogP contribution is 2.27. The number of ether oxygens (including phenoxy) is 3. The summed E-state index contributed by atoms with van der Waals surface area (Å²) in [6.45, 7) is 14.1. The molecule has 6 rings (SSSR count). The molecule has 23 nitrogen and oxygen atoms in total. The SMILES string of the molecule is C#CCOCCOCCOCCNc1nc(N2CCN(C(=O)C(Cc3ccc(O)cc3)n3cc(C(N)CC(C)C)nn3)CC2)nc(N2CCN(C(=O)C(C(C)CC)n3cc(C(N)CO)nn3)CC2)n1.[Cl-]. The Hall–Kier alpha value is -5.74. The number of nitrogens with one attached hydrogen (secondary N) is 1. The number of nitrogens with zero attached hydrogens (tertiary/aromatic N) is 13. The summed E-state index contributed by atoms with van der Waals surface area (Å²) < 4.78 is 19.7. The molecule has 2 saturated heterocycles. The average molecular weight is 995 g/mol. The number of terminal acetylenes is 1. The number of phenols is 1. The first kappa shape index (κ1) is 55.2. The van der Waals surface area contributed by atoms with Crippen LogP contribution in [0.3, 0.4) is 0 Å². The molecule has 2 amide bonds. The second-order valence-electron chi connectivity index (χ2n) is 17.8. The van der Waals surface area contributed by atoms with Crippen LogP contribution >= 0.6 is 0 Å². The van der Waals surface area contributed by atoms with E-state index in [1.165, 1.54) is 0 Å². The number of hydrogen-bond acceptors (Lipinski definition) is 19.